The number of rotatable bonds is 5. The Balaban J connectivity index is 2.00. The first-order valence-electron chi connectivity index (χ1n) is 6.82. The molecule has 0 aliphatic rings. The van der Waals surface area contributed by atoms with Gasteiger partial charge >= 0.3 is 0 Å². The molecular formula is C15H18N4S. The van der Waals surface area contributed by atoms with Crippen LogP contribution in [-0.2, 0) is 13.5 Å². The van der Waals surface area contributed by atoms with Crippen molar-refractivity contribution in [1.29, 1.82) is 0 Å². The normalized spacial score (nSPS) is 12.9. The summed E-state index contributed by atoms with van der Waals surface area (Å²) in [5.74, 6) is 0. The van der Waals surface area contributed by atoms with Gasteiger partial charge in [-0.3, -0.25) is 9.67 Å². The van der Waals surface area contributed by atoms with Gasteiger partial charge in [-0.1, -0.05) is 25.1 Å². The number of hydrogen-bond acceptors (Lipinski definition) is 4. The van der Waals surface area contributed by atoms with Crippen LogP contribution in [0.1, 0.15) is 23.5 Å². The van der Waals surface area contributed by atoms with Crippen LogP contribution in [0.25, 0.3) is 10.9 Å². The summed E-state index contributed by atoms with van der Waals surface area (Å²) in [4.78, 5) is 5.44. The van der Waals surface area contributed by atoms with Gasteiger partial charge in [0.1, 0.15) is 0 Å². The Labute approximate surface area is 122 Å². The van der Waals surface area contributed by atoms with Crippen molar-refractivity contribution in [2.24, 2.45) is 7.05 Å². The first-order chi connectivity index (χ1) is 9.79. The van der Waals surface area contributed by atoms with Crippen LogP contribution in [0.2, 0.25) is 0 Å². The summed E-state index contributed by atoms with van der Waals surface area (Å²) in [6.45, 7) is 3.05. The molecule has 0 fully saturated rings. The number of hydrogen-bond donors (Lipinski definition) is 1. The fourth-order valence-electron chi connectivity index (χ4n) is 2.56. The van der Waals surface area contributed by atoms with E-state index >= 15 is 0 Å². The van der Waals surface area contributed by atoms with Gasteiger partial charge in [-0.2, -0.15) is 5.10 Å². The second-order valence-corrected chi connectivity index (χ2v) is 5.78. The highest BCUT2D eigenvalue weighted by Gasteiger charge is 2.19. The van der Waals surface area contributed by atoms with E-state index in [1.165, 1.54) is 15.8 Å². The third-order valence-corrected chi connectivity index (χ3v) is 4.26. The van der Waals surface area contributed by atoms with Crippen LogP contribution in [0.3, 0.4) is 0 Å². The highest BCUT2D eigenvalue weighted by molar-refractivity contribution is 7.09. The van der Waals surface area contributed by atoms with Crippen LogP contribution in [-0.4, -0.2) is 21.3 Å². The minimum Gasteiger partial charge on any atom is -0.309 e. The lowest BCUT2D eigenvalue weighted by atomic mass is 10.1. The van der Waals surface area contributed by atoms with Crippen molar-refractivity contribution in [3.63, 3.8) is 0 Å². The number of benzene rings is 1. The Kier molecular flexibility index (Phi) is 3.80. The van der Waals surface area contributed by atoms with Crippen LogP contribution >= 0.6 is 11.3 Å². The third kappa shape index (κ3) is 2.46. The second kappa shape index (κ2) is 5.73. The van der Waals surface area contributed by atoms with Gasteiger partial charge in [-0.05, 0) is 12.6 Å². The molecule has 20 heavy (non-hydrogen) atoms. The molecule has 0 amide bonds. The van der Waals surface area contributed by atoms with Crippen molar-refractivity contribution in [3.05, 3.63) is 46.5 Å². The zero-order valence-corrected chi connectivity index (χ0v) is 12.5. The molecule has 0 bridgehead atoms. The van der Waals surface area contributed by atoms with Crippen molar-refractivity contribution in [1.82, 2.24) is 20.1 Å². The molecule has 5 heteroatoms. The van der Waals surface area contributed by atoms with E-state index in [1.807, 2.05) is 23.4 Å². The summed E-state index contributed by atoms with van der Waals surface area (Å²) in [6, 6.07) is 8.62. The van der Waals surface area contributed by atoms with Gasteiger partial charge in [0, 0.05) is 29.9 Å². The SMILES string of the molecule is CCNC(Cc1cncs1)c1nn(C)c2ccccc12. The monoisotopic (exact) mass is 286 g/mol. The molecule has 2 aromatic heterocycles. The quantitative estimate of drug-likeness (QED) is 0.784. The first kappa shape index (κ1) is 13.3. The minimum absolute atomic E-state index is 0.228. The van der Waals surface area contributed by atoms with Gasteiger partial charge in [0.2, 0.25) is 0 Å². The molecule has 3 aromatic rings. The smallest absolute Gasteiger partial charge is 0.0876 e. The number of thiazole rings is 1. The minimum atomic E-state index is 0.228. The predicted octanol–water partition coefficient (Wildman–Crippen LogP) is 2.92. The summed E-state index contributed by atoms with van der Waals surface area (Å²) in [7, 11) is 2.00. The zero-order valence-electron chi connectivity index (χ0n) is 11.7. The second-order valence-electron chi connectivity index (χ2n) is 4.81. The Hall–Kier alpha value is -1.72. The maximum atomic E-state index is 4.73. The number of nitrogens with one attached hydrogen (secondary N) is 1. The lowest BCUT2D eigenvalue weighted by Crippen LogP contribution is -2.23. The van der Waals surface area contributed by atoms with E-state index in [0.717, 1.165) is 18.7 Å². The number of likely N-dealkylation sites (N-methyl/N-ethyl adjacent to an activating group) is 1. The fraction of sp³-hybridized carbons (Fsp3) is 0.333. The lowest BCUT2D eigenvalue weighted by Gasteiger charge is -2.15. The van der Waals surface area contributed by atoms with Crippen LogP contribution in [0.5, 0.6) is 0 Å². The van der Waals surface area contributed by atoms with Crippen molar-refractivity contribution in [3.8, 4) is 0 Å². The standard InChI is InChI=1S/C15H18N4S/c1-3-17-13(8-11-9-16-10-20-11)15-12-6-4-5-7-14(12)19(2)18-15/h4-7,9-10,13,17H,3,8H2,1-2H3. The maximum absolute atomic E-state index is 4.73. The molecule has 1 atom stereocenters. The highest BCUT2D eigenvalue weighted by Crippen LogP contribution is 2.26. The fourth-order valence-corrected chi connectivity index (χ4v) is 3.20. The summed E-state index contributed by atoms with van der Waals surface area (Å²) in [5.41, 5.74) is 4.18. The topological polar surface area (TPSA) is 42.7 Å². The van der Waals surface area contributed by atoms with Gasteiger partial charge in [-0.15, -0.1) is 11.3 Å². The van der Waals surface area contributed by atoms with E-state index in [1.54, 1.807) is 11.3 Å². The van der Waals surface area contributed by atoms with Crippen molar-refractivity contribution < 1.29 is 0 Å². The molecule has 2 heterocycles. The molecule has 0 saturated carbocycles. The summed E-state index contributed by atoms with van der Waals surface area (Å²) >= 11 is 1.70. The molecule has 0 spiro atoms. The molecule has 0 saturated heterocycles. The molecule has 1 aromatic carbocycles. The number of aromatic nitrogens is 3. The third-order valence-electron chi connectivity index (χ3n) is 3.46. The van der Waals surface area contributed by atoms with Gasteiger partial charge in [0.25, 0.3) is 0 Å². The largest absolute Gasteiger partial charge is 0.309 e. The zero-order chi connectivity index (χ0) is 13.9. The number of nitrogens with zero attached hydrogens (tertiary/aromatic N) is 3. The molecule has 0 aliphatic heterocycles. The van der Waals surface area contributed by atoms with Crippen molar-refractivity contribution >= 4 is 22.2 Å². The summed E-state index contributed by atoms with van der Waals surface area (Å²) < 4.78 is 1.96. The molecule has 0 radical (unpaired) electrons. The number of aryl methyl sites for hydroxylation is 1. The molecular weight excluding hydrogens is 268 g/mol. The van der Waals surface area contributed by atoms with E-state index in [4.69, 9.17) is 5.10 Å². The van der Waals surface area contributed by atoms with Crippen LogP contribution < -0.4 is 5.32 Å². The molecule has 3 rings (SSSR count). The van der Waals surface area contributed by atoms with Gasteiger partial charge in [0.05, 0.1) is 22.8 Å². The molecule has 1 N–H and O–H groups in total. The molecule has 1 unspecified atom stereocenters. The van der Waals surface area contributed by atoms with Crippen LogP contribution in [0.15, 0.2) is 36.0 Å². The lowest BCUT2D eigenvalue weighted by molar-refractivity contribution is 0.534. The summed E-state index contributed by atoms with van der Waals surface area (Å²) in [5, 5.41) is 9.50. The maximum Gasteiger partial charge on any atom is 0.0876 e. The van der Waals surface area contributed by atoms with Crippen LogP contribution in [0, 0.1) is 0 Å². The number of para-hydroxylation sites is 1. The first-order valence-corrected chi connectivity index (χ1v) is 7.70. The van der Waals surface area contributed by atoms with Crippen molar-refractivity contribution in [2.45, 2.75) is 19.4 Å². The van der Waals surface area contributed by atoms with Crippen molar-refractivity contribution in [2.75, 3.05) is 6.54 Å². The van der Waals surface area contributed by atoms with Gasteiger partial charge in [-0.25, -0.2) is 0 Å². The van der Waals surface area contributed by atoms with Crippen LogP contribution in [0.4, 0.5) is 0 Å². The Morgan fingerprint density at radius 2 is 2.20 bits per heavy atom. The Morgan fingerprint density at radius 1 is 1.35 bits per heavy atom. The molecule has 104 valence electrons. The van der Waals surface area contributed by atoms with E-state index in [-0.39, 0.29) is 6.04 Å². The average molecular weight is 286 g/mol. The Bertz CT molecular complexity index is 687. The Morgan fingerprint density at radius 3 is 2.95 bits per heavy atom. The predicted molar refractivity (Wildman–Crippen MR) is 82.9 cm³/mol. The van der Waals surface area contributed by atoms with E-state index in [0.29, 0.717) is 0 Å². The average Bonchev–Trinajstić information content (AvgIpc) is 3.07. The molecule has 0 aliphatic carbocycles. The number of fused-ring (bicyclic) bond motifs is 1. The van der Waals surface area contributed by atoms with E-state index in [9.17, 15) is 0 Å². The van der Waals surface area contributed by atoms with E-state index < -0.39 is 0 Å². The van der Waals surface area contributed by atoms with E-state index in [2.05, 4.69) is 41.5 Å². The van der Waals surface area contributed by atoms with Gasteiger partial charge in [0.15, 0.2) is 0 Å². The van der Waals surface area contributed by atoms with Gasteiger partial charge < -0.3 is 5.32 Å². The summed E-state index contributed by atoms with van der Waals surface area (Å²) in [6.07, 6.45) is 2.87. The molecule has 4 nitrogen and oxygen atoms in total. The highest BCUT2D eigenvalue weighted by atomic mass is 32.1.